The second-order valence-electron chi connectivity index (χ2n) is 12.9. The number of hydrogen-bond acceptors (Lipinski definition) is 2. The van der Waals surface area contributed by atoms with Crippen molar-refractivity contribution in [3.63, 3.8) is 0 Å². The molecule has 2 amide bonds. The summed E-state index contributed by atoms with van der Waals surface area (Å²) >= 11 is 0. The van der Waals surface area contributed by atoms with Crippen LogP contribution in [0.5, 0.6) is 0 Å². The zero-order chi connectivity index (χ0) is 24.3. The number of nitrogens with zero attached hydrogens (tertiary/aromatic N) is 2. The van der Waals surface area contributed by atoms with Crippen LogP contribution in [0.25, 0.3) is 0 Å². The highest BCUT2D eigenvalue weighted by Gasteiger charge is 2.61. The van der Waals surface area contributed by atoms with Crippen LogP contribution in [0.2, 0.25) is 0 Å². The molecule has 4 heteroatoms. The van der Waals surface area contributed by atoms with Gasteiger partial charge in [0.25, 0.3) is 0 Å². The van der Waals surface area contributed by atoms with Crippen LogP contribution in [-0.4, -0.2) is 47.8 Å². The van der Waals surface area contributed by atoms with Crippen LogP contribution in [0.4, 0.5) is 0 Å². The Hall–Kier alpha value is -1.06. The summed E-state index contributed by atoms with van der Waals surface area (Å²) in [5.74, 6) is 2.63. The summed E-state index contributed by atoms with van der Waals surface area (Å²) in [5, 5.41) is 0. The molecule has 0 aromatic carbocycles. The molecule has 1 saturated heterocycles. The van der Waals surface area contributed by atoms with E-state index >= 15 is 0 Å². The Kier molecular flexibility index (Phi) is 8.35. The molecule has 4 fully saturated rings. The van der Waals surface area contributed by atoms with Gasteiger partial charge in [-0.25, -0.2) is 0 Å². The molecule has 1 aliphatic heterocycles. The van der Waals surface area contributed by atoms with Crippen molar-refractivity contribution < 1.29 is 9.59 Å². The van der Waals surface area contributed by atoms with Gasteiger partial charge in [-0.2, -0.15) is 0 Å². The predicted molar refractivity (Wildman–Crippen MR) is 139 cm³/mol. The van der Waals surface area contributed by atoms with Crippen molar-refractivity contribution in [2.24, 2.45) is 28.6 Å². The molecule has 0 bridgehead atoms. The molecule has 0 spiro atoms. The Bertz CT molecular complexity index is 710. The van der Waals surface area contributed by atoms with Crippen LogP contribution in [-0.2, 0) is 9.59 Å². The smallest absolute Gasteiger partial charge is 0.222 e. The van der Waals surface area contributed by atoms with Crippen molar-refractivity contribution in [3.05, 3.63) is 0 Å². The first kappa shape index (κ1) is 26.0. The summed E-state index contributed by atoms with van der Waals surface area (Å²) in [6.07, 6.45) is 21.0. The predicted octanol–water partition coefficient (Wildman–Crippen LogP) is 6.82. The summed E-state index contributed by atoms with van der Waals surface area (Å²) < 4.78 is 0. The van der Waals surface area contributed by atoms with E-state index in [1.54, 1.807) is 0 Å². The van der Waals surface area contributed by atoms with Crippen molar-refractivity contribution in [2.75, 3.05) is 13.6 Å². The maximum absolute atomic E-state index is 12.4. The monoisotopic (exact) mass is 472 g/mol. The minimum atomic E-state index is 0.280. The number of fused-ring (bicyclic) bond motifs is 5. The van der Waals surface area contributed by atoms with Crippen LogP contribution in [0.3, 0.4) is 0 Å². The fraction of sp³-hybridized carbons (Fsp3) is 0.933. The third-order valence-corrected chi connectivity index (χ3v) is 11.3. The third kappa shape index (κ3) is 4.69. The van der Waals surface area contributed by atoms with Crippen molar-refractivity contribution in [2.45, 2.75) is 136 Å². The van der Waals surface area contributed by atoms with Crippen molar-refractivity contribution in [1.82, 2.24) is 9.80 Å². The zero-order valence-corrected chi connectivity index (χ0v) is 22.7. The molecule has 3 aliphatic carbocycles. The van der Waals surface area contributed by atoms with Crippen molar-refractivity contribution in [3.8, 4) is 0 Å². The SMILES string of the molecule is CCCCCCCCCCN(C=O)[C@H]1CC[C@H]2[C@@H]3CC[C@H]4N(C)C(=O)CC[C@]4(C)[C@H]3CC[C@]12C. The highest BCUT2D eigenvalue weighted by Crippen LogP contribution is 2.65. The summed E-state index contributed by atoms with van der Waals surface area (Å²) in [4.78, 5) is 29.0. The molecule has 4 rings (SSSR count). The lowest BCUT2D eigenvalue weighted by Gasteiger charge is -2.62. The Morgan fingerprint density at radius 2 is 1.56 bits per heavy atom. The summed E-state index contributed by atoms with van der Waals surface area (Å²) in [6.45, 7) is 8.26. The van der Waals surface area contributed by atoms with Gasteiger partial charge in [0, 0.05) is 32.1 Å². The van der Waals surface area contributed by atoms with E-state index in [4.69, 9.17) is 0 Å². The van der Waals surface area contributed by atoms with Gasteiger partial charge < -0.3 is 9.80 Å². The highest BCUT2D eigenvalue weighted by molar-refractivity contribution is 5.77. The Balaban J connectivity index is 1.35. The first-order valence-corrected chi connectivity index (χ1v) is 14.8. The molecule has 4 aliphatic rings. The molecule has 0 unspecified atom stereocenters. The van der Waals surface area contributed by atoms with E-state index in [0.29, 0.717) is 18.0 Å². The number of carbonyl (C=O) groups excluding carboxylic acids is 2. The van der Waals surface area contributed by atoms with Gasteiger partial charge in [0.15, 0.2) is 0 Å². The van der Waals surface area contributed by atoms with Crippen LogP contribution < -0.4 is 0 Å². The largest absolute Gasteiger partial charge is 0.342 e. The highest BCUT2D eigenvalue weighted by atomic mass is 16.2. The van der Waals surface area contributed by atoms with Crippen LogP contribution in [0, 0.1) is 28.6 Å². The molecule has 34 heavy (non-hydrogen) atoms. The van der Waals surface area contributed by atoms with Crippen molar-refractivity contribution >= 4 is 12.3 Å². The van der Waals surface area contributed by atoms with Gasteiger partial charge in [-0.3, -0.25) is 9.59 Å². The fourth-order valence-corrected chi connectivity index (χ4v) is 9.38. The second-order valence-corrected chi connectivity index (χ2v) is 12.9. The van der Waals surface area contributed by atoms with Crippen LogP contribution in [0.1, 0.15) is 124 Å². The first-order valence-electron chi connectivity index (χ1n) is 14.8. The normalized spacial score (nSPS) is 39.4. The molecule has 194 valence electrons. The molecule has 7 atom stereocenters. The Morgan fingerprint density at radius 3 is 2.26 bits per heavy atom. The maximum Gasteiger partial charge on any atom is 0.222 e. The number of rotatable bonds is 11. The summed E-state index contributed by atoms with van der Waals surface area (Å²) in [7, 11) is 2.05. The Morgan fingerprint density at radius 1 is 0.882 bits per heavy atom. The van der Waals surface area contributed by atoms with Gasteiger partial charge in [0.2, 0.25) is 12.3 Å². The van der Waals surface area contributed by atoms with E-state index < -0.39 is 0 Å². The minimum Gasteiger partial charge on any atom is -0.342 e. The van der Waals surface area contributed by atoms with Gasteiger partial charge in [-0.1, -0.05) is 65.7 Å². The molecule has 0 N–H and O–H groups in total. The average Bonchev–Trinajstić information content (AvgIpc) is 3.18. The van der Waals surface area contributed by atoms with E-state index in [-0.39, 0.29) is 10.8 Å². The quantitative estimate of drug-likeness (QED) is 0.245. The van der Waals surface area contributed by atoms with E-state index in [1.807, 2.05) is 0 Å². The molecular formula is C30H52N2O2. The van der Waals surface area contributed by atoms with E-state index in [0.717, 1.165) is 43.6 Å². The third-order valence-electron chi connectivity index (χ3n) is 11.3. The number of hydrogen-bond donors (Lipinski definition) is 0. The number of carbonyl (C=O) groups is 2. The van der Waals surface area contributed by atoms with Crippen LogP contribution >= 0.6 is 0 Å². The number of amides is 2. The number of piperidine rings is 1. The molecule has 0 aromatic heterocycles. The lowest BCUT2D eigenvalue weighted by atomic mass is 9.47. The molecule has 1 heterocycles. The molecule has 4 nitrogen and oxygen atoms in total. The minimum absolute atomic E-state index is 0.280. The summed E-state index contributed by atoms with van der Waals surface area (Å²) in [5.41, 5.74) is 0.564. The lowest BCUT2D eigenvalue weighted by Crippen LogP contribution is -2.62. The van der Waals surface area contributed by atoms with Gasteiger partial charge >= 0.3 is 0 Å². The zero-order valence-electron chi connectivity index (χ0n) is 22.7. The van der Waals surface area contributed by atoms with E-state index in [9.17, 15) is 9.59 Å². The molecule has 0 radical (unpaired) electrons. The number of likely N-dealkylation sites (tertiary alicyclic amines) is 1. The van der Waals surface area contributed by atoms with Gasteiger partial charge in [0.1, 0.15) is 0 Å². The van der Waals surface area contributed by atoms with Gasteiger partial charge in [0.05, 0.1) is 0 Å². The van der Waals surface area contributed by atoms with Crippen molar-refractivity contribution in [1.29, 1.82) is 0 Å². The standard InChI is InChI=1S/C30H52N2O2/c1-5-6-7-8-9-10-11-12-21-32(22-33)27-16-14-24-23-13-15-26-29(2,20-18-28(34)31(26)4)25(23)17-19-30(24,27)3/h22-27H,5-21H2,1-4H3/t23-,24-,25-,26+,27-,29+,30-/m0/s1. The molecule has 3 saturated carbocycles. The van der Waals surface area contributed by atoms with E-state index in [1.165, 1.54) is 89.9 Å². The second kappa shape index (κ2) is 10.9. The van der Waals surface area contributed by atoms with Gasteiger partial charge in [-0.05, 0) is 80.0 Å². The topological polar surface area (TPSA) is 40.6 Å². The number of unbranched alkanes of at least 4 members (excludes halogenated alkanes) is 7. The molecule has 0 aromatic rings. The average molecular weight is 473 g/mol. The Labute approximate surface area is 209 Å². The maximum atomic E-state index is 12.4. The van der Waals surface area contributed by atoms with Gasteiger partial charge in [-0.15, -0.1) is 0 Å². The van der Waals surface area contributed by atoms with Crippen LogP contribution in [0.15, 0.2) is 0 Å². The molecular weight excluding hydrogens is 420 g/mol. The van der Waals surface area contributed by atoms with E-state index in [2.05, 4.69) is 37.6 Å². The summed E-state index contributed by atoms with van der Waals surface area (Å²) in [6, 6.07) is 0.867. The fourth-order valence-electron chi connectivity index (χ4n) is 9.38. The first-order chi connectivity index (χ1) is 16.4. The lowest BCUT2D eigenvalue weighted by molar-refractivity contribution is -0.159.